The topological polar surface area (TPSA) is 21.3 Å². The monoisotopic (exact) mass is 169 g/mol. The number of ether oxygens (including phenoxy) is 1. The Balaban J connectivity index is 0.000000561. The molecule has 0 aromatic rings. The fourth-order valence-corrected chi connectivity index (χ4v) is 1.04. The summed E-state index contributed by atoms with van der Waals surface area (Å²) in [6.07, 6.45) is 2.75. The van der Waals surface area contributed by atoms with E-state index in [1.807, 2.05) is 13.8 Å². The summed E-state index contributed by atoms with van der Waals surface area (Å²) in [5.74, 6) is 0.918. The fourth-order valence-electron chi connectivity index (χ4n) is 1.04. The maximum Gasteiger partial charge on any atom is 0.137 e. The largest absolute Gasteiger partial charge is 0.491 e. The van der Waals surface area contributed by atoms with Crippen LogP contribution in [0.25, 0.3) is 0 Å². The van der Waals surface area contributed by atoms with Gasteiger partial charge in [-0.2, -0.15) is 0 Å². The predicted octanol–water partition coefficient (Wildman–Crippen LogP) is 2.44. The maximum absolute atomic E-state index is 5.27. The Labute approximate surface area is 75.3 Å². The number of hydrogen-bond acceptors (Lipinski definition) is 2. The van der Waals surface area contributed by atoms with Crippen molar-refractivity contribution in [3.8, 4) is 0 Å². The Morgan fingerprint density at radius 3 is 2.75 bits per heavy atom. The van der Waals surface area contributed by atoms with E-state index in [1.165, 1.54) is 5.70 Å². The van der Waals surface area contributed by atoms with Crippen molar-refractivity contribution in [2.75, 3.05) is 13.2 Å². The molecule has 0 saturated carbocycles. The summed E-state index contributed by atoms with van der Waals surface area (Å²) in [5.41, 5.74) is 1.19. The molecule has 2 heteroatoms. The fraction of sp³-hybridized carbons (Fsp3) is 0.600. The van der Waals surface area contributed by atoms with Crippen molar-refractivity contribution in [2.24, 2.45) is 0 Å². The van der Waals surface area contributed by atoms with Gasteiger partial charge in [-0.15, -0.1) is 0 Å². The lowest BCUT2D eigenvalue weighted by atomic mass is 10.3. The molecular formula is C10H19NO. The van der Waals surface area contributed by atoms with E-state index in [-0.39, 0.29) is 0 Å². The van der Waals surface area contributed by atoms with E-state index in [2.05, 4.69) is 18.8 Å². The zero-order valence-corrected chi connectivity index (χ0v) is 8.31. The third-order valence-corrected chi connectivity index (χ3v) is 1.48. The lowest BCUT2D eigenvalue weighted by molar-refractivity contribution is 0.257. The third kappa shape index (κ3) is 2.99. The van der Waals surface area contributed by atoms with E-state index >= 15 is 0 Å². The van der Waals surface area contributed by atoms with Crippen LogP contribution < -0.4 is 5.32 Å². The molecule has 70 valence electrons. The standard InChI is InChI=1S/C8H13NO.C2H6/c1-3-8-7(9-4-2)5-6-10-8;1-2/h3,9H,1,4-6H2,2H3;1-2H3. The second kappa shape index (κ2) is 6.77. The van der Waals surface area contributed by atoms with Crippen LogP contribution in [0.1, 0.15) is 27.2 Å². The molecule has 0 saturated heterocycles. The predicted molar refractivity (Wildman–Crippen MR) is 52.8 cm³/mol. The van der Waals surface area contributed by atoms with Crippen LogP contribution in [0.5, 0.6) is 0 Å². The van der Waals surface area contributed by atoms with Crippen molar-refractivity contribution >= 4 is 0 Å². The molecule has 0 amide bonds. The molecule has 1 aliphatic heterocycles. The minimum atomic E-state index is 0.795. The summed E-state index contributed by atoms with van der Waals surface area (Å²) in [5, 5.41) is 3.23. The quantitative estimate of drug-likeness (QED) is 0.700. The summed E-state index contributed by atoms with van der Waals surface area (Å²) < 4.78 is 5.27. The molecule has 12 heavy (non-hydrogen) atoms. The second-order valence-corrected chi connectivity index (χ2v) is 2.18. The van der Waals surface area contributed by atoms with Crippen LogP contribution in [0.15, 0.2) is 24.1 Å². The first-order valence-corrected chi connectivity index (χ1v) is 4.60. The summed E-state index contributed by atoms with van der Waals surface area (Å²) in [7, 11) is 0. The lowest BCUT2D eigenvalue weighted by Gasteiger charge is -2.01. The highest BCUT2D eigenvalue weighted by molar-refractivity contribution is 5.20. The first kappa shape index (κ1) is 11.1. The Morgan fingerprint density at radius 1 is 1.58 bits per heavy atom. The number of rotatable bonds is 3. The van der Waals surface area contributed by atoms with Crippen LogP contribution in [0.3, 0.4) is 0 Å². The van der Waals surface area contributed by atoms with Gasteiger partial charge in [0.05, 0.1) is 12.3 Å². The summed E-state index contributed by atoms with van der Waals surface area (Å²) >= 11 is 0. The normalized spacial score (nSPS) is 14.6. The number of hydrogen-bond donors (Lipinski definition) is 1. The van der Waals surface area contributed by atoms with Crippen LogP contribution in [-0.2, 0) is 4.74 Å². The number of allylic oxidation sites excluding steroid dienone is 1. The molecule has 0 bridgehead atoms. The van der Waals surface area contributed by atoms with Crippen molar-refractivity contribution < 1.29 is 4.74 Å². The highest BCUT2D eigenvalue weighted by atomic mass is 16.5. The van der Waals surface area contributed by atoms with Crippen LogP contribution in [0.2, 0.25) is 0 Å². The van der Waals surface area contributed by atoms with Crippen LogP contribution in [0, 0.1) is 0 Å². The van der Waals surface area contributed by atoms with Crippen LogP contribution >= 0.6 is 0 Å². The van der Waals surface area contributed by atoms with E-state index in [1.54, 1.807) is 6.08 Å². The zero-order chi connectivity index (χ0) is 9.40. The molecule has 1 heterocycles. The molecule has 0 unspecified atom stereocenters. The Hall–Kier alpha value is -0.920. The molecule has 0 aromatic heterocycles. The zero-order valence-electron chi connectivity index (χ0n) is 8.31. The molecule has 0 radical (unpaired) electrons. The Kier molecular flexibility index (Phi) is 6.25. The van der Waals surface area contributed by atoms with E-state index < -0.39 is 0 Å². The lowest BCUT2D eigenvalue weighted by Crippen LogP contribution is -2.11. The van der Waals surface area contributed by atoms with Gasteiger partial charge in [0, 0.05) is 13.0 Å². The van der Waals surface area contributed by atoms with Crippen molar-refractivity contribution in [2.45, 2.75) is 27.2 Å². The van der Waals surface area contributed by atoms with E-state index in [0.29, 0.717) is 0 Å². The molecule has 2 nitrogen and oxygen atoms in total. The summed E-state index contributed by atoms with van der Waals surface area (Å²) in [6.45, 7) is 11.5. The van der Waals surface area contributed by atoms with Gasteiger partial charge >= 0.3 is 0 Å². The van der Waals surface area contributed by atoms with E-state index in [0.717, 1.165) is 25.3 Å². The van der Waals surface area contributed by atoms with Gasteiger partial charge in [-0.05, 0) is 13.0 Å². The van der Waals surface area contributed by atoms with Crippen LogP contribution in [0.4, 0.5) is 0 Å². The van der Waals surface area contributed by atoms with Gasteiger partial charge in [-0.25, -0.2) is 0 Å². The van der Waals surface area contributed by atoms with Gasteiger partial charge < -0.3 is 10.1 Å². The van der Waals surface area contributed by atoms with Gasteiger partial charge in [0.25, 0.3) is 0 Å². The van der Waals surface area contributed by atoms with Gasteiger partial charge in [0.2, 0.25) is 0 Å². The average molecular weight is 169 g/mol. The maximum atomic E-state index is 5.27. The minimum Gasteiger partial charge on any atom is -0.491 e. The molecule has 1 aliphatic rings. The van der Waals surface area contributed by atoms with Crippen molar-refractivity contribution in [3.05, 3.63) is 24.1 Å². The molecule has 0 aliphatic carbocycles. The Morgan fingerprint density at radius 2 is 2.25 bits per heavy atom. The SMILES string of the molecule is C=CC1=C(NCC)CCO1.CC. The van der Waals surface area contributed by atoms with Crippen molar-refractivity contribution in [1.82, 2.24) is 5.32 Å². The van der Waals surface area contributed by atoms with Crippen molar-refractivity contribution in [3.63, 3.8) is 0 Å². The summed E-state index contributed by atoms with van der Waals surface area (Å²) in [4.78, 5) is 0. The van der Waals surface area contributed by atoms with Crippen molar-refractivity contribution in [1.29, 1.82) is 0 Å². The molecule has 0 fully saturated rings. The molecule has 1 N–H and O–H groups in total. The van der Waals surface area contributed by atoms with Gasteiger partial charge in [-0.1, -0.05) is 20.4 Å². The van der Waals surface area contributed by atoms with Crippen LogP contribution in [-0.4, -0.2) is 13.2 Å². The Bertz CT molecular complexity index is 161. The molecule has 0 aromatic carbocycles. The minimum absolute atomic E-state index is 0.795. The summed E-state index contributed by atoms with van der Waals surface area (Å²) in [6, 6.07) is 0. The molecule has 0 spiro atoms. The highest BCUT2D eigenvalue weighted by Gasteiger charge is 2.11. The van der Waals surface area contributed by atoms with Gasteiger partial charge in [0.1, 0.15) is 5.76 Å². The molecule has 0 atom stereocenters. The van der Waals surface area contributed by atoms with Gasteiger partial charge in [0.15, 0.2) is 0 Å². The molecular weight excluding hydrogens is 150 g/mol. The second-order valence-electron chi connectivity index (χ2n) is 2.18. The molecule has 1 rings (SSSR count). The number of nitrogens with one attached hydrogen (secondary N) is 1. The highest BCUT2D eigenvalue weighted by Crippen LogP contribution is 2.16. The third-order valence-electron chi connectivity index (χ3n) is 1.48. The first-order chi connectivity index (χ1) is 5.88. The van der Waals surface area contributed by atoms with Gasteiger partial charge in [-0.3, -0.25) is 0 Å². The first-order valence-electron chi connectivity index (χ1n) is 4.60. The average Bonchev–Trinajstić information content (AvgIpc) is 2.56. The van der Waals surface area contributed by atoms with E-state index in [9.17, 15) is 0 Å². The smallest absolute Gasteiger partial charge is 0.137 e. The van der Waals surface area contributed by atoms with E-state index in [4.69, 9.17) is 4.74 Å².